The molecule has 2 aromatic carbocycles. The topological polar surface area (TPSA) is 77.0 Å². The predicted octanol–water partition coefficient (Wildman–Crippen LogP) is 4.61. The Bertz CT molecular complexity index is 1290. The maximum Gasteiger partial charge on any atom is 0.319 e. The highest BCUT2D eigenvalue weighted by Gasteiger charge is 2.25. The molecule has 0 saturated heterocycles. The van der Waals surface area contributed by atoms with Crippen LogP contribution >= 0.6 is 11.8 Å². The van der Waals surface area contributed by atoms with E-state index in [-0.39, 0.29) is 11.5 Å². The summed E-state index contributed by atoms with van der Waals surface area (Å²) in [4.78, 5) is 34.1. The molecule has 2 aromatic heterocycles. The molecule has 0 spiro atoms. The highest BCUT2D eigenvalue weighted by Crippen LogP contribution is 2.30. The second-order valence-electron chi connectivity index (χ2n) is 6.98. The maximum absolute atomic E-state index is 13.6. The van der Waals surface area contributed by atoms with Crippen LogP contribution in [0.4, 0.5) is 0 Å². The Morgan fingerprint density at radius 3 is 2.63 bits per heavy atom. The Morgan fingerprint density at radius 2 is 1.90 bits per heavy atom. The monoisotopic (exact) mass is 421 g/mol. The van der Waals surface area contributed by atoms with Gasteiger partial charge in [0, 0.05) is 10.9 Å². The van der Waals surface area contributed by atoms with Gasteiger partial charge >= 0.3 is 5.97 Å². The van der Waals surface area contributed by atoms with Gasteiger partial charge in [0.2, 0.25) is 0 Å². The summed E-state index contributed by atoms with van der Waals surface area (Å²) in [5.41, 5.74) is 3.43. The van der Waals surface area contributed by atoms with E-state index in [9.17, 15) is 9.59 Å². The van der Waals surface area contributed by atoms with Crippen LogP contribution in [0.3, 0.4) is 0 Å². The van der Waals surface area contributed by atoms with Gasteiger partial charge < -0.3 is 9.72 Å². The van der Waals surface area contributed by atoms with E-state index in [1.807, 2.05) is 62.4 Å². The number of aryl methyl sites for hydroxylation is 1. The van der Waals surface area contributed by atoms with E-state index in [2.05, 4.69) is 4.98 Å². The first-order valence-corrected chi connectivity index (χ1v) is 10.9. The third kappa shape index (κ3) is 3.50. The number of hydrogen-bond donors (Lipinski definition) is 1. The fraction of sp³-hybridized carbons (Fsp3) is 0.261. The molecule has 1 N–H and O–H groups in total. The number of ether oxygens (including phenoxy) is 1. The zero-order valence-electron chi connectivity index (χ0n) is 17.1. The first-order valence-electron chi connectivity index (χ1n) is 9.97. The van der Waals surface area contributed by atoms with Crippen LogP contribution in [-0.2, 0) is 9.53 Å². The molecule has 0 aliphatic carbocycles. The summed E-state index contributed by atoms with van der Waals surface area (Å²) in [6.45, 7) is 5.98. The van der Waals surface area contributed by atoms with Crippen LogP contribution in [0.1, 0.15) is 25.8 Å². The molecule has 154 valence electrons. The number of nitrogens with zero attached hydrogens (tertiary/aromatic N) is 2. The Hall–Kier alpha value is -3.06. The van der Waals surface area contributed by atoms with Gasteiger partial charge in [0.05, 0.1) is 12.3 Å². The van der Waals surface area contributed by atoms with Gasteiger partial charge in [0.15, 0.2) is 5.16 Å². The molecule has 1 atom stereocenters. The second kappa shape index (κ2) is 8.36. The van der Waals surface area contributed by atoms with Gasteiger partial charge in [0.25, 0.3) is 5.56 Å². The van der Waals surface area contributed by atoms with Gasteiger partial charge in [-0.05, 0) is 38.0 Å². The maximum atomic E-state index is 13.6. The summed E-state index contributed by atoms with van der Waals surface area (Å²) in [5, 5.41) is 0.911. The number of carbonyl (C=O) groups excluding carboxylic acids is 1. The number of thioether (sulfide) groups is 1. The van der Waals surface area contributed by atoms with E-state index in [1.54, 1.807) is 11.5 Å². The quantitative estimate of drug-likeness (QED) is 0.279. The Kier molecular flexibility index (Phi) is 5.63. The van der Waals surface area contributed by atoms with E-state index in [1.165, 1.54) is 11.8 Å². The Morgan fingerprint density at radius 1 is 1.17 bits per heavy atom. The largest absolute Gasteiger partial charge is 0.465 e. The van der Waals surface area contributed by atoms with Crippen molar-refractivity contribution >= 4 is 39.7 Å². The molecule has 4 aromatic rings. The van der Waals surface area contributed by atoms with E-state index in [0.717, 1.165) is 22.2 Å². The van der Waals surface area contributed by atoms with Crippen molar-refractivity contribution in [3.05, 3.63) is 64.4 Å². The van der Waals surface area contributed by atoms with Crippen LogP contribution in [0.5, 0.6) is 0 Å². The predicted molar refractivity (Wildman–Crippen MR) is 121 cm³/mol. The van der Waals surface area contributed by atoms with Crippen LogP contribution < -0.4 is 5.56 Å². The standard InChI is InChI=1S/C23H23N3O3S/c1-4-18(22(28)29-5-2)30-23-25-19-15-11-7-8-12-16(15)24-20(19)21(27)26(23)17-13-9-6-10-14(17)3/h6-13,18,24H,4-5H2,1-3H3. The third-order valence-corrected chi connectivity index (χ3v) is 6.31. The minimum Gasteiger partial charge on any atom is -0.465 e. The van der Waals surface area contributed by atoms with E-state index in [0.29, 0.717) is 29.2 Å². The number of aromatic nitrogens is 3. The van der Waals surface area contributed by atoms with Crippen molar-refractivity contribution in [2.75, 3.05) is 6.61 Å². The summed E-state index contributed by atoms with van der Waals surface area (Å²) < 4.78 is 6.83. The number of rotatable bonds is 6. The molecule has 0 aliphatic rings. The fourth-order valence-electron chi connectivity index (χ4n) is 3.51. The molecule has 1 unspecified atom stereocenters. The molecule has 4 rings (SSSR count). The molecule has 0 bridgehead atoms. The van der Waals surface area contributed by atoms with Crippen molar-refractivity contribution in [3.63, 3.8) is 0 Å². The number of benzene rings is 2. The van der Waals surface area contributed by atoms with Gasteiger partial charge in [-0.2, -0.15) is 0 Å². The molecule has 2 heterocycles. The van der Waals surface area contributed by atoms with Crippen LogP contribution in [0.25, 0.3) is 27.6 Å². The van der Waals surface area contributed by atoms with Crippen molar-refractivity contribution in [1.29, 1.82) is 0 Å². The van der Waals surface area contributed by atoms with Crippen molar-refractivity contribution in [1.82, 2.24) is 14.5 Å². The van der Waals surface area contributed by atoms with Crippen molar-refractivity contribution in [2.24, 2.45) is 0 Å². The highest BCUT2D eigenvalue weighted by atomic mass is 32.2. The minimum atomic E-state index is -0.449. The lowest BCUT2D eigenvalue weighted by Crippen LogP contribution is -2.25. The molecular formula is C23H23N3O3S. The number of aromatic amines is 1. The molecule has 6 nitrogen and oxygen atoms in total. The summed E-state index contributed by atoms with van der Waals surface area (Å²) in [5.74, 6) is -0.297. The van der Waals surface area contributed by atoms with Gasteiger partial charge in [-0.25, -0.2) is 4.98 Å². The lowest BCUT2D eigenvalue weighted by Gasteiger charge is -2.17. The van der Waals surface area contributed by atoms with Gasteiger partial charge in [0.1, 0.15) is 16.3 Å². The smallest absolute Gasteiger partial charge is 0.319 e. The Labute approximate surface area is 178 Å². The number of fused-ring (bicyclic) bond motifs is 3. The van der Waals surface area contributed by atoms with Crippen LogP contribution in [0, 0.1) is 6.92 Å². The van der Waals surface area contributed by atoms with E-state index in [4.69, 9.17) is 9.72 Å². The zero-order chi connectivity index (χ0) is 21.3. The number of H-pyrrole nitrogens is 1. The van der Waals surface area contributed by atoms with Gasteiger partial charge in [-0.15, -0.1) is 0 Å². The fourth-order valence-corrected chi connectivity index (χ4v) is 4.52. The molecule has 30 heavy (non-hydrogen) atoms. The van der Waals surface area contributed by atoms with Gasteiger partial charge in [-0.1, -0.05) is 55.1 Å². The average molecular weight is 422 g/mol. The molecule has 7 heteroatoms. The number of nitrogens with one attached hydrogen (secondary N) is 1. The summed E-state index contributed by atoms with van der Waals surface area (Å²) in [6, 6.07) is 15.4. The normalized spacial score (nSPS) is 12.4. The molecule has 0 radical (unpaired) electrons. The third-order valence-electron chi connectivity index (χ3n) is 5.02. The van der Waals surface area contributed by atoms with Crippen molar-refractivity contribution in [3.8, 4) is 5.69 Å². The Balaban J connectivity index is 1.99. The molecular weight excluding hydrogens is 398 g/mol. The average Bonchev–Trinajstić information content (AvgIpc) is 3.12. The number of esters is 1. The molecule has 0 saturated carbocycles. The second-order valence-corrected chi connectivity index (χ2v) is 8.15. The summed E-state index contributed by atoms with van der Waals surface area (Å²) in [6.07, 6.45) is 0.569. The molecule has 0 aliphatic heterocycles. The van der Waals surface area contributed by atoms with Crippen LogP contribution in [0.15, 0.2) is 58.5 Å². The van der Waals surface area contributed by atoms with Crippen molar-refractivity contribution < 1.29 is 9.53 Å². The zero-order valence-corrected chi connectivity index (χ0v) is 18.0. The number of hydrogen-bond acceptors (Lipinski definition) is 5. The van der Waals surface area contributed by atoms with E-state index < -0.39 is 5.25 Å². The first-order chi connectivity index (χ1) is 14.5. The first kappa shape index (κ1) is 20.2. The van der Waals surface area contributed by atoms with E-state index >= 15 is 0 Å². The SMILES string of the molecule is CCOC(=O)C(CC)Sc1nc2c([nH]c3ccccc32)c(=O)n1-c1ccccc1C. The van der Waals surface area contributed by atoms with Crippen LogP contribution in [0.2, 0.25) is 0 Å². The highest BCUT2D eigenvalue weighted by molar-refractivity contribution is 8.00. The summed E-state index contributed by atoms with van der Waals surface area (Å²) >= 11 is 1.27. The lowest BCUT2D eigenvalue weighted by molar-refractivity contribution is -0.142. The summed E-state index contributed by atoms with van der Waals surface area (Å²) in [7, 11) is 0. The van der Waals surface area contributed by atoms with Crippen LogP contribution in [-0.4, -0.2) is 32.4 Å². The van der Waals surface area contributed by atoms with Gasteiger partial charge in [-0.3, -0.25) is 14.2 Å². The lowest BCUT2D eigenvalue weighted by atomic mass is 10.2. The molecule has 0 fully saturated rings. The van der Waals surface area contributed by atoms with Crippen molar-refractivity contribution in [2.45, 2.75) is 37.6 Å². The minimum absolute atomic E-state index is 0.188. The molecule has 0 amide bonds. The number of para-hydroxylation sites is 2. The number of carbonyl (C=O) groups is 1.